The van der Waals surface area contributed by atoms with Crippen LogP contribution in [0.25, 0.3) is 11.3 Å². The maximum Gasteiger partial charge on any atom is 0.263 e. The number of carbonyl (C=O) groups excluding carboxylic acids is 1. The van der Waals surface area contributed by atoms with Crippen LogP contribution in [0, 0.1) is 6.92 Å². The Morgan fingerprint density at radius 2 is 1.93 bits per heavy atom. The van der Waals surface area contributed by atoms with Crippen molar-refractivity contribution in [2.75, 3.05) is 24.7 Å². The Balaban J connectivity index is 1.20. The molecule has 1 unspecified atom stereocenters. The average Bonchev–Trinajstić information content (AvgIpc) is 3.63. The Labute approximate surface area is 247 Å². The smallest absolute Gasteiger partial charge is 0.263 e. The zero-order valence-electron chi connectivity index (χ0n) is 24.0. The van der Waals surface area contributed by atoms with Crippen LogP contribution in [0.2, 0.25) is 0 Å². The van der Waals surface area contributed by atoms with Crippen LogP contribution in [-0.2, 0) is 22.9 Å². The van der Waals surface area contributed by atoms with E-state index in [-0.39, 0.29) is 17.4 Å². The van der Waals surface area contributed by atoms with Crippen LogP contribution in [0.1, 0.15) is 65.5 Å². The SMILES string of the molecule is Cc1cc(-c2ccnc(Nc3cnn(C4CCN(S(C)=O)CC4)c3)n2)ccc1CNC(=O)c1cnc(C(C)(C)C)s1. The van der Waals surface area contributed by atoms with E-state index < -0.39 is 11.0 Å². The third kappa shape index (κ3) is 7.06. The molecule has 1 aliphatic rings. The summed E-state index contributed by atoms with van der Waals surface area (Å²) in [5.41, 5.74) is 4.61. The number of piperidine rings is 1. The second-order valence-corrected chi connectivity index (χ2v) is 13.7. The molecular weight excluding hydrogens is 557 g/mol. The van der Waals surface area contributed by atoms with Gasteiger partial charge in [0.15, 0.2) is 0 Å². The van der Waals surface area contributed by atoms with E-state index in [1.54, 1.807) is 24.8 Å². The van der Waals surface area contributed by atoms with E-state index >= 15 is 0 Å². The fourth-order valence-corrected chi connectivity index (χ4v) is 6.33. The van der Waals surface area contributed by atoms with E-state index in [2.05, 4.69) is 52.5 Å². The molecule has 1 atom stereocenters. The molecule has 0 bridgehead atoms. The number of anilines is 2. The van der Waals surface area contributed by atoms with E-state index in [1.165, 1.54) is 11.3 Å². The molecule has 0 radical (unpaired) electrons. The van der Waals surface area contributed by atoms with Crippen LogP contribution in [0.5, 0.6) is 0 Å². The van der Waals surface area contributed by atoms with Crippen molar-refractivity contribution in [1.29, 1.82) is 0 Å². The molecule has 2 N–H and O–H groups in total. The topological polar surface area (TPSA) is 118 Å². The van der Waals surface area contributed by atoms with Crippen molar-refractivity contribution in [3.8, 4) is 11.3 Å². The first-order chi connectivity index (χ1) is 19.6. The summed E-state index contributed by atoms with van der Waals surface area (Å²) in [4.78, 5) is 26.8. The van der Waals surface area contributed by atoms with Crippen molar-refractivity contribution in [1.82, 2.24) is 34.4 Å². The van der Waals surface area contributed by atoms with Crippen molar-refractivity contribution in [2.24, 2.45) is 0 Å². The Hall–Kier alpha value is -3.48. The van der Waals surface area contributed by atoms with Crippen LogP contribution in [0.3, 0.4) is 0 Å². The lowest BCUT2D eigenvalue weighted by Crippen LogP contribution is -2.35. The molecule has 12 heteroatoms. The molecule has 1 aromatic carbocycles. The predicted octanol–water partition coefficient (Wildman–Crippen LogP) is 5.01. The van der Waals surface area contributed by atoms with Gasteiger partial charge in [-0.2, -0.15) is 5.10 Å². The van der Waals surface area contributed by atoms with Crippen molar-refractivity contribution >= 4 is 39.9 Å². The first-order valence-electron chi connectivity index (χ1n) is 13.6. The zero-order chi connectivity index (χ0) is 29.1. The summed E-state index contributed by atoms with van der Waals surface area (Å²) in [5, 5.41) is 11.8. The molecule has 1 aliphatic heterocycles. The van der Waals surface area contributed by atoms with E-state index in [0.29, 0.717) is 17.4 Å². The molecule has 1 fully saturated rings. The minimum absolute atomic E-state index is 0.0788. The number of aromatic nitrogens is 5. The number of amides is 1. The molecule has 3 aromatic heterocycles. The van der Waals surface area contributed by atoms with E-state index in [4.69, 9.17) is 4.98 Å². The quantitative estimate of drug-likeness (QED) is 0.295. The van der Waals surface area contributed by atoms with Crippen LogP contribution in [0.15, 0.2) is 49.1 Å². The monoisotopic (exact) mass is 592 g/mol. The molecule has 1 amide bonds. The van der Waals surface area contributed by atoms with E-state index in [9.17, 15) is 9.00 Å². The number of hydrogen-bond acceptors (Lipinski definition) is 8. The fourth-order valence-electron chi connectivity index (χ4n) is 4.72. The lowest BCUT2D eigenvalue weighted by atomic mass is 9.98. The van der Waals surface area contributed by atoms with Gasteiger partial charge < -0.3 is 10.6 Å². The highest BCUT2D eigenvalue weighted by Crippen LogP contribution is 2.28. The van der Waals surface area contributed by atoms with Gasteiger partial charge in [0.05, 0.1) is 45.8 Å². The first kappa shape index (κ1) is 29.0. The standard InChI is InChI=1S/C29H36N8O2S2/c1-19-14-20(6-7-21(19)15-31-26(38)25-17-32-27(40-25)29(2,3)4)24-8-11-30-28(35-24)34-22-16-33-37(18-22)23-9-12-36(13-10-23)41(5)39/h6-8,11,14,16-18,23H,9-10,12-13,15H2,1-5H3,(H,31,38)(H,30,34,35). The molecule has 5 rings (SSSR count). The number of hydrogen-bond donors (Lipinski definition) is 2. The minimum atomic E-state index is -0.922. The molecule has 41 heavy (non-hydrogen) atoms. The first-order valence-corrected chi connectivity index (χ1v) is 16.0. The summed E-state index contributed by atoms with van der Waals surface area (Å²) in [6.45, 7) is 10.3. The van der Waals surface area contributed by atoms with Crippen LogP contribution in [-0.4, -0.2) is 58.5 Å². The number of nitrogens with one attached hydrogen (secondary N) is 2. The van der Waals surface area contributed by atoms with Gasteiger partial charge in [0, 0.05) is 49.3 Å². The number of thiazole rings is 1. The van der Waals surface area contributed by atoms with Gasteiger partial charge in [-0.25, -0.2) is 23.5 Å². The van der Waals surface area contributed by atoms with Crippen molar-refractivity contribution in [3.63, 3.8) is 0 Å². The highest BCUT2D eigenvalue weighted by molar-refractivity contribution is 7.81. The van der Waals surface area contributed by atoms with E-state index in [1.807, 2.05) is 40.3 Å². The van der Waals surface area contributed by atoms with Gasteiger partial charge in [0.1, 0.15) is 4.88 Å². The van der Waals surface area contributed by atoms with Crippen LogP contribution in [0.4, 0.5) is 11.6 Å². The highest BCUT2D eigenvalue weighted by atomic mass is 32.2. The summed E-state index contributed by atoms with van der Waals surface area (Å²) in [6, 6.07) is 8.28. The van der Waals surface area contributed by atoms with Crippen molar-refractivity contribution < 1.29 is 9.00 Å². The summed E-state index contributed by atoms with van der Waals surface area (Å²) >= 11 is 1.44. The molecule has 0 aliphatic carbocycles. The molecule has 0 spiro atoms. The number of rotatable bonds is 8. The number of nitrogens with zero attached hydrogens (tertiary/aromatic N) is 6. The lowest BCUT2D eigenvalue weighted by Gasteiger charge is -2.29. The van der Waals surface area contributed by atoms with Gasteiger partial charge in [-0.1, -0.05) is 32.9 Å². The summed E-state index contributed by atoms with van der Waals surface area (Å²) < 4.78 is 15.7. The van der Waals surface area contributed by atoms with Gasteiger partial charge in [0.25, 0.3) is 5.91 Å². The highest BCUT2D eigenvalue weighted by Gasteiger charge is 2.23. The van der Waals surface area contributed by atoms with E-state index in [0.717, 1.165) is 59.0 Å². The molecule has 4 heterocycles. The third-order valence-corrected chi connectivity index (χ3v) is 9.64. The van der Waals surface area contributed by atoms with Crippen LogP contribution >= 0.6 is 11.3 Å². The largest absolute Gasteiger partial charge is 0.347 e. The summed E-state index contributed by atoms with van der Waals surface area (Å²) in [7, 11) is -0.922. The fraction of sp³-hybridized carbons (Fsp3) is 0.414. The molecule has 10 nitrogen and oxygen atoms in total. The molecular formula is C29H36N8O2S2. The second kappa shape index (κ2) is 12.2. The molecule has 4 aromatic rings. The Morgan fingerprint density at radius 1 is 1.15 bits per heavy atom. The zero-order valence-corrected chi connectivity index (χ0v) is 25.7. The van der Waals surface area contributed by atoms with Gasteiger partial charge in [-0.15, -0.1) is 11.3 Å². The maximum absolute atomic E-state index is 12.7. The van der Waals surface area contributed by atoms with Crippen molar-refractivity contribution in [2.45, 2.75) is 58.5 Å². The Bertz CT molecular complexity index is 1550. The minimum Gasteiger partial charge on any atom is -0.347 e. The Kier molecular flexibility index (Phi) is 8.62. The van der Waals surface area contributed by atoms with Gasteiger partial charge in [-0.3, -0.25) is 9.48 Å². The normalized spacial score (nSPS) is 15.5. The molecule has 0 saturated carbocycles. The number of aryl methyl sites for hydroxylation is 1. The van der Waals surface area contributed by atoms with Gasteiger partial charge >= 0.3 is 0 Å². The molecule has 1 saturated heterocycles. The predicted molar refractivity (Wildman–Crippen MR) is 164 cm³/mol. The maximum atomic E-state index is 12.7. The summed E-state index contributed by atoms with van der Waals surface area (Å²) in [5.74, 6) is 0.380. The lowest BCUT2D eigenvalue weighted by molar-refractivity contribution is 0.0954. The van der Waals surface area contributed by atoms with Gasteiger partial charge in [0.2, 0.25) is 5.95 Å². The third-order valence-electron chi connectivity index (χ3n) is 7.12. The average molecular weight is 593 g/mol. The van der Waals surface area contributed by atoms with Crippen LogP contribution < -0.4 is 10.6 Å². The van der Waals surface area contributed by atoms with Crippen molar-refractivity contribution in [3.05, 3.63) is 70.1 Å². The van der Waals surface area contributed by atoms with Gasteiger partial charge in [-0.05, 0) is 43.0 Å². The number of benzene rings is 1. The number of carbonyl (C=O) groups is 1. The molecule has 216 valence electrons. The second-order valence-electron chi connectivity index (χ2n) is 11.3. The Morgan fingerprint density at radius 3 is 2.61 bits per heavy atom. The summed E-state index contributed by atoms with van der Waals surface area (Å²) in [6.07, 6.45) is 10.7.